The zero-order chi connectivity index (χ0) is 21.5. The summed E-state index contributed by atoms with van der Waals surface area (Å²) in [4.78, 5) is 13.1. The molecule has 3 aromatic heterocycles. The lowest BCUT2D eigenvalue weighted by Crippen LogP contribution is -2.06. The summed E-state index contributed by atoms with van der Waals surface area (Å²) in [6, 6.07) is 22.3. The van der Waals surface area contributed by atoms with Crippen molar-refractivity contribution in [3.63, 3.8) is 0 Å². The van der Waals surface area contributed by atoms with Gasteiger partial charge < -0.3 is 4.57 Å². The van der Waals surface area contributed by atoms with Crippen molar-refractivity contribution in [2.45, 2.75) is 25.9 Å². The number of nitrogens with zero attached hydrogens (tertiary/aromatic N) is 4. The Morgan fingerprint density at radius 2 is 1.68 bits per heavy atom. The Morgan fingerprint density at radius 1 is 0.935 bits per heavy atom. The molecular formula is C25H22N4OS. The van der Waals surface area contributed by atoms with Crippen LogP contribution in [0.1, 0.15) is 27.3 Å². The van der Waals surface area contributed by atoms with Gasteiger partial charge in [0, 0.05) is 28.0 Å². The van der Waals surface area contributed by atoms with Crippen LogP contribution in [0.3, 0.4) is 0 Å². The first-order valence-electron chi connectivity index (χ1n) is 10.2. The summed E-state index contributed by atoms with van der Waals surface area (Å²) < 4.78 is 4.16. The smallest absolute Gasteiger partial charge is 0.196 e. The molecule has 0 amide bonds. The SMILES string of the molecule is Cc1cc2nnc(SCC(=O)c3cc(C)n(-c4ccccc4)c3C)n2c2ccccc12. The lowest BCUT2D eigenvalue weighted by molar-refractivity contribution is 0.102. The van der Waals surface area contributed by atoms with Crippen molar-refractivity contribution in [3.8, 4) is 5.69 Å². The molecule has 2 aromatic carbocycles. The fraction of sp³-hybridized carbons (Fsp3) is 0.160. The second-order valence-electron chi connectivity index (χ2n) is 7.69. The Kier molecular flexibility index (Phi) is 4.87. The summed E-state index contributed by atoms with van der Waals surface area (Å²) in [6.45, 7) is 6.11. The molecule has 154 valence electrons. The minimum absolute atomic E-state index is 0.0912. The fourth-order valence-corrected chi connectivity index (χ4v) is 5.03. The van der Waals surface area contributed by atoms with Crippen LogP contribution in [-0.4, -0.2) is 30.7 Å². The molecule has 0 saturated heterocycles. The number of rotatable bonds is 5. The Labute approximate surface area is 184 Å². The lowest BCUT2D eigenvalue weighted by atomic mass is 10.1. The van der Waals surface area contributed by atoms with Gasteiger partial charge in [-0.1, -0.05) is 48.2 Å². The van der Waals surface area contributed by atoms with Crippen molar-refractivity contribution >= 4 is 34.1 Å². The number of pyridine rings is 1. The highest BCUT2D eigenvalue weighted by atomic mass is 32.2. The van der Waals surface area contributed by atoms with Gasteiger partial charge in [0.2, 0.25) is 0 Å². The Bertz CT molecular complexity index is 1430. The maximum Gasteiger partial charge on any atom is 0.196 e. The van der Waals surface area contributed by atoms with Crippen LogP contribution in [0.15, 0.2) is 71.9 Å². The van der Waals surface area contributed by atoms with Gasteiger partial charge in [0.1, 0.15) is 0 Å². The van der Waals surface area contributed by atoms with Gasteiger partial charge in [-0.15, -0.1) is 10.2 Å². The second-order valence-corrected chi connectivity index (χ2v) is 8.63. The molecule has 0 aliphatic heterocycles. The quantitative estimate of drug-likeness (QED) is 0.272. The number of carbonyl (C=O) groups excluding carboxylic acids is 1. The number of thioether (sulfide) groups is 1. The Hall–Kier alpha value is -3.38. The highest BCUT2D eigenvalue weighted by molar-refractivity contribution is 7.99. The van der Waals surface area contributed by atoms with E-state index in [9.17, 15) is 4.79 Å². The van der Waals surface area contributed by atoms with E-state index >= 15 is 0 Å². The molecule has 0 fully saturated rings. The van der Waals surface area contributed by atoms with E-state index in [1.165, 1.54) is 11.8 Å². The normalized spacial score (nSPS) is 11.5. The minimum Gasteiger partial charge on any atom is -0.318 e. The number of hydrogen-bond acceptors (Lipinski definition) is 4. The highest BCUT2D eigenvalue weighted by Gasteiger charge is 2.18. The number of fused-ring (bicyclic) bond motifs is 3. The number of ketones is 1. The van der Waals surface area contributed by atoms with Crippen LogP contribution in [-0.2, 0) is 0 Å². The van der Waals surface area contributed by atoms with Crippen molar-refractivity contribution in [2.75, 3.05) is 5.75 Å². The number of aryl methyl sites for hydroxylation is 2. The average Bonchev–Trinajstić information content (AvgIpc) is 3.33. The molecule has 0 radical (unpaired) electrons. The fourth-order valence-electron chi connectivity index (χ4n) is 4.20. The maximum atomic E-state index is 13.1. The van der Waals surface area contributed by atoms with Gasteiger partial charge in [-0.25, -0.2) is 0 Å². The third-order valence-corrected chi connectivity index (χ3v) is 6.58. The van der Waals surface area contributed by atoms with Crippen LogP contribution in [0.4, 0.5) is 0 Å². The van der Waals surface area contributed by atoms with E-state index in [1.807, 2.05) is 60.7 Å². The Balaban J connectivity index is 1.46. The summed E-state index contributed by atoms with van der Waals surface area (Å²) >= 11 is 1.43. The highest BCUT2D eigenvalue weighted by Crippen LogP contribution is 2.27. The van der Waals surface area contributed by atoms with Crippen LogP contribution in [0.25, 0.3) is 22.2 Å². The topological polar surface area (TPSA) is 52.2 Å². The Morgan fingerprint density at radius 3 is 2.48 bits per heavy atom. The van der Waals surface area contributed by atoms with Gasteiger partial charge in [-0.05, 0) is 56.7 Å². The predicted octanol–water partition coefficient (Wildman–Crippen LogP) is 5.57. The lowest BCUT2D eigenvalue weighted by Gasteiger charge is -2.09. The molecule has 0 bridgehead atoms. The molecule has 0 aliphatic rings. The standard InChI is InChI=1S/C25H22N4OS/c1-16-13-24-26-27-25(29(24)22-12-8-7-11-20(16)22)31-15-23(30)21-14-17(2)28(18(21)3)19-9-5-4-6-10-19/h4-14H,15H2,1-3H3. The molecule has 0 spiro atoms. The van der Waals surface area contributed by atoms with E-state index in [4.69, 9.17) is 0 Å². The molecule has 0 unspecified atom stereocenters. The van der Waals surface area contributed by atoms with Gasteiger partial charge in [-0.3, -0.25) is 9.20 Å². The van der Waals surface area contributed by atoms with Crippen LogP contribution in [0.5, 0.6) is 0 Å². The molecule has 6 heteroatoms. The summed E-state index contributed by atoms with van der Waals surface area (Å²) in [7, 11) is 0. The zero-order valence-electron chi connectivity index (χ0n) is 17.7. The molecule has 5 nitrogen and oxygen atoms in total. The van der Waals surface area contributed by atoms with Gasteiger partial charge >= 0.3 is 0 Å². The van der Waals surface area contributed by atoms with E-state index in [1.54, 1.807) is 0 Å². The number of benzene rings is 2. The first-order valence-corrected chi connectivity index (χ1v) is 11.2. The van der Waals surface area contributed by atoms with E-state index in [0.29, 0.717) is 5.75 Å². The molecule has 0 aliphatic carbocycles. The number of aromatic nitrogens is 4. The molecule has 5 aromatic rings. The van der Waals surface area contributed by atoms with Gasteiger partial charge in [0.25, 0.3) is 0 Å². The van der Waals surface area contributed by atoms with Crippen LogP contribution in [0, 0.1) is 20.8 Å². The third-order valence-electron chi connectivity index (χ3n) is 5.65. The van der Waals surface area contributed by atoms with Crippen molar-refractivity contribution in [3.05, 3.63) is 89.2 Å². The monoisotopic (exact) mass is 426 g/mol. The van der Waals surface area contributed by atoms with Crippen LogP contribution >= 0.6 is 11.8 Å². The number of Topliss-reactive ketones (excluding diaryl/α,β-unsaturated/α-hetero) is 1. The number of hydrogen-bond donors (Lipinski definition) is 0. The maximum absolute atomic E-state index is 13.1. The van der Waals surface area contributed by atoms with Crippen molar-refractivity contribution in [2.24, 2.45) is 0 Å². The summed E-state index contributed by atoms with van der Waals surface area (Å²) in [5.74, 6) is 0.399. The minimum atomic E-state index is 0.0912. The zero-order valence-corrected chi connectivity index (χ0v) is 18.5. The summed E-state index contributed by atoms with van der Waals surface area (Å²) in [6.07, 6.45) is 0. The first-order chi connectivity index (χ1) is 15.0. The van der Waals surface area contributed by atoms with Gasteiger partial charge in [-0.2, -0.15) is 0 Å². The van der Waals surface area contributed by atoms with Crippen LogP contribution in [0.2, 0.25) is 0 Å². The predicted molar refractivity (Wildman–Crippen MR) is 126 cm³/mol. The van der Waals surface area contributed by atoms with Crippen molar-refractivity contribution in [1.82, 2.24) is 19.2 Å². The van der Waals surface area contributed by atoms with E-state index in [-0.39, 0.29) is 5.78 Å². The molecule has 0 saturated carbocycles. The van der Waals surface area contributed by atoms with Gasteiger partial charge in [0.05, 0.1) is 11.3 Å². The van der Waals surface area contributed by atoms with E-state index in [0.717, 1.165) is 49.9 Å². The van der Waals surface area contributed by atoms with Crippen molar-refractivity contribution < 1.29 is 4.79 Å². The third kappa shape index (κ3) is 3.33. The molecule has 31 heavy (non-hydrogen) atoms. The molecule has 5 rings (SSSR count). The van der Waals surface area contributed by atoms with E-state index < -0.39 is 0 Å². The molecule has 3 heterocycles. The summed E-state index contributed by atoms with van der Waals surface area (Å²) in [5, 5.41) is 10.6. The van der Waals surface area contributed by atoms with E-state index in [2.05, 4.69) is 46.0 Å². The summed E-state index contributed by atoms with van der Waals surface area (Å²) in [5.41, 5.74) is 6.84. The largest absolute Gasteiger partial charge is 0.318 e. The first kappa shape index (κ1) is 19.6. The van der Waals surface area contributed by atoms with Gasteiger partial charge in [0.15, 0.2) is 16.6 Å². The van der Waals surface area contributed by atoms with Crippen LogP contribution < -0.4 is 0 Å². The molecule has 0 atom stereocenters. The van der Waals surface area contributed by atoms with Crippen molar-refractivity contribution in [1.29, 1.82) is 0 Å². The second kappa shape index (κ2) is 7.71. The molecule has 0 N–H and O–H groups in total. The molecular weight excluding hydrogens is 404 g/mol. The number of para-hydroxylation sites is 2. The average molecular weight is 427 g/mol. The number of carbonyl (C=O) groups is 1.